The molecule has 0 aromatic carbocycles. The topological polar surface area (TPSA) is 56.8 Å². The molecule has 3 nitrogen and oxygen atoms in total. The lowest BCUT2D eigenvalue weighted by atomic mass is 10.2. The summed E-state index contributed by atoms with van der Waals surface area (Å²) in [6, 6.07) is 3.46. The molecule has 1 aliphatic heterocycles. The van der Waals surface area contributed by atoms with Crippen molar-refractivity contribution in [1.29, 1.82) is 10.5 Å². The summed E-state index contributed by atoms with van der Waals surface area (Å²) < 4.78 is 4.89. The molecule has 0 aromatic heterocycles. The third-order valence-corrected chi connectivity index (χ3v) is 1.10. The van der Waals surface area contributed by atoms with Gasteiger partial charge in [0.15, 0.2) is 11.3 Å². The molecule has 52 valence electrons. The largest absolute Gasteiger partial charge is 0.463 e. The van der Waals surface area contributed by atoms with Gasteiger partial charge in [0.25, 0.3) is 0 Å². The summed E-state index contributed by atoms with van der Waals surface area (Å²) in [6.45, 7) is 0. The predicted molar refractivity (Wildman–Crippen MR) is 37.6 cm³/mol. The maximum Gasteiger partial charge on any atom is 0.172 e. The molecule has 1 rings (SSSR count). The van der Waals surface area contributed by atoms with Crippen LogP contribution in [0.2, 0.25) is 0 Å². The van der Waals surface area contributed by atoms with Gasteiger partial charge in [-0.05, 0) is 12.2 Å². The van der Waals surface area contributed by atoms with Crippen LogP contribution < -0.4 is 0 Å². The minimum absolute atomic E-state index is 0.00870. The Morgan fingerprint density at radius 2 is 2.00 bits per heavy atom. The van der Waals surface area contributed by atoms with Crippen LogP contribution in [0, 0.1) is 22.7 Å². The smallest absolute Gasteiger partial charge is 0.172 e. The summed E-state index contributed by atoms with van der Waals surface area (Å²) in [7, 11) is 0. The highest BCUT2D eigenvalue weighted by molar-refractivity contribution is 5.43. The van der Waals surface area contributed by atoms with Crippen molar-refractivity contribution in [1.82, 2.24) is 0 Å². The molecule has 0 spiro atoms. The second kappa shape index (κ2) is 3.24. The van der Waals surface area contributed by atoms with Gasteiger partial charge >= 0.3 is 0 Å². The molecule has 1 aliphatic rings. The van der Waals surface area contributed by atoms with Crippen molar-refractivity contribution in [2.24, 2.45) is 0 Å². The molecule has 0 saturated heterocycles. The van der Waals surface area contributed by atoms with Gasteiger partial charge in [-0.15, -0.1) is 0 Å². The molecule has 0 bridgehead atoms. The molecule has 0 atom stereocenters. The Balaban J connectivity index is 3.00. The standard InChI is InChI=1S/C8H4N2O/c9-5-7(6-10)8-3-1-2-4-11-8/h1-4H. The maximum absolute atomic E-state index is 8.41. The van der Waals surface area contributed by atoms with E-state index in [0.29, 0.717) is 5.76 Å². The first-order valence-electron chi connectivity index (χ1n) is 2.93. The van der Waals surface area contributed by atoms with Crippen LogP contribution in [0.3, 0.4) is 0 Å². The van der Waals surface area contributed by atoms with Crippen LogP contribution in [0.15, 0.2) is 35.8 Å². The Kier molecular flexibility index (Phi) is 2.09. The zero-order chi connectivity index (χ0) is 8.10. The van der Waals surface area contributed by atoms with Crippen LogP contribution >= 0.6 is 0 Å². The molecular formula is C8H4N2O. The molecule has 0 amide bonds. The number of rotatable bonds is 0. The predicted octanol–water partition coefficient (Wildman–Crippen LogP) is 1.39. The van der Waals surface area contributed by atoms with E-state index < -0.39 is 0 Å². The zero-order valence-electron chi connectivity index (χ0n) is 5.61. The number of ether oxygens (including phenoxy) is 1. The summed E-state index contributed by atoms with van der Waals surface area (Å²) in [5.74, 6) is 0.303. The van der Waals surface area contributed by atoms with Crippen molar-refractivity contribution in [3.05, 3.63) is 35.8 Å². The lowest BCUT2D eigenvalue weighted by molar-refractivity contribution is 0.362. The van der Waals surface area contributed by atoms with Crippen LogP contribution in [-0.4, -0.2) is 0 Å². The Labute approximate surface area is 64.1 Å². The molecule has 0 aromatic rings. The highest BCUT2D eigenvalue weighted by atomic mass is 16.5. The van der Waals surface area contributed by atoms with E-state index in [0.717, 1.165) is 0 Å². The molecule has 0 fully saturated rings. The SMILES string of the molecule is N#CC(C#N)=C1C=CC=CO1. The molecule has 0 radical (unpaired) electrons. The quantitative estimate of drug-likeness (QED) is 0.482. The van der Waals surface area contributed by atoms with Crippen LogP contribution in [0.1, 0.15) is 0 Å². The number of allylic oxidation sites excluding steroid dienone is 4. The van der Waals surface area contributed by atoms with E-state index in [1.165, 1.54) is 6.26 Å². The third kappa shape index (κ3) is 1.47. The van der Waals surface area contributed by atoms with Crippen LogP contribution in [0.4, 0.5) is 0 Å². The van der Waals surface area contributed by atoms with Gasteiger partial charge in [-0.1, -0.05) is 6.08 Å². The van der Waals surface area contributed by atoms with Gasteiger partial charge in [0, 0.05) is 0 Å². The average Bonchev–Trinajstić information content (AvgIpc) is 2.09. The third-order valence-electron chi connectivity index (χ3n) is 1.10. The number of hydrogen-bond donors (Lipinski definition) is 0. The highest BCUT2D eigenvalue weighted by Crippen LogP contribution is 2.10. The van der Waals surface area contributed by atoms with Gasteiger partial charge in [-0.25, -0.2) is 0 Å². The molecule has 11 heavy (non-hydrogen) atoms. The highest BCUT2D eigenvalue weighted by Gasteiger charge is 2.03. The molecule has 1 heterocycles. The average molecular weight is 144 g/mol. The first kappa shape index (κ1) is 7.11. The first-order chi connectivity index (χ1) is 5.38. The minimum Gasteiger partial charge on any atom is -0.463 e. The Morgan fingerprint density at radius 3 is 2.45 bits per heavy atom. The van der Waals surface area contributed by atoms with Crippen LogP contribution in [-0.2, 0) is 4.74 Å². The fourth-order valence-corrected chi connectivity index (χ4v) is 0.618. The van der Waals surface area contributed by atoms with E-state index in [2.05, 4.69) is 0 Å². The summed E-state index contributed by atoms with van der Waals surface area (Å²) in [6.07, 6.45) is 6.37. The molecule has 0 N–H and O–H groups in total. The van der Waals surface area contributed by atoms with E-state index in [4.69, 9.17) is 15.3 Å². The Morgan fingerprint density at radius 1 is 1.27 bits per heavy atom. The van der Waals surface area contributed by atoms with E-state index in [1.54, 1.807) is 30.4 Å². The normalized spacial score (nSPS) is 13.1. The fraction of sp³-hybridized carbons (Fsp3) is 0. The number of nitrogens with zero attached hydrogens (tertiary/aromatic N) is 2. The molecular weight excluding hydrogens is 140 g/mol. The summed E-state index contributed by atoms with van der Waals surface area (Å²) >= 11 is 0. The van der Waals surface area contributed by atoms with Crippen molar-refractivity contribution < 1.29 is 4.74 Å². The van der Waals surface area contributed by atoms with Crippen LogP contribution in [0.25, 0.3) is 0 Å². The lowest BCUT2D eigenvalue weighted by Crippen LogP contribution is -1.89. The van der Waals surface area contributed by atoms with Crippen molar-refractivity contribution >= 4 is 0 Å². The van der Waals surface area contributed by atoms with Gasteiger partial charge in [0.1, 0.15) is 12.1 Å². The van der Waals surface area contributed by atoms with Gasteiger partial charge in [0.2, 0.25) is 0 Å². The number of hydrogen-bond acceptors (Lipinski definition) is 3. The first-order valence-corrected chi connectivity index (χ1v) is 2.93. The summed E-state index contributed by atoms with van der Waals surface area (Å²) in [5, 5.41) is 16.8. The fourth-order valence-electron chi connectivity index (χ4n) is 0.618. The van der Waals surface area contributed by atoms with E-state index in [1.807, 2.05) is 0 Å². The van der Waals surface area contributed by atoms with Gasteiger partial charge in [0.05, 0.1) is 6.26 Å². The molecule has 0 saturated carbocycles. The second-order valence-corrected chi connectivity index (χ2v) is 1.77. The summed E-state index contributed by atoms with van der Waals surface area (Å²) in [5.41, 5.74) is -0.00870. The lowest BCUT2D eigenvalue weighted by Gasteiger charge is -2.02. The van der Waals surface area contributed by atoms with E-state index in [9.17, 15) is 0 Å². The van der Waals surface area contributed by atoms with Crippen molar-refractivity contribution in [3.63, 3.8) is 0 Å². The molecule has 0 aliphatic carbocycles. The Bertz CT molecular complexity index is 307. The zero-order valence-corrected chi connectivity index (χ0v) is 5.61. The number of nitriles is 2. The van der Waals surface area contributed by atoms with Crippen molar-refractivity contribution in [2.45, 2.75) is 0 Å². The molecule has 3 heteroatoms. The second-order valence-electron chi connectivity index (χ2n) is 1.77. The minimum atomic E-state index is -0.00870. The van der Waals surface area contributed by atoms with Gasteiger partial charge in [-0.3, -0.25) is 0 Å². The van der Waals surface area contributed by atoms with E-state index in [-0.39, 0.29) is 5.57 Å². The van der Waals surface area contributed by atoms with Crippen LogP contribution in [0.5, 0.6) is 0 Å². The Hall–Kier alpha value is -2.00. The molecule has 0 unspecified atom stereocenters. The van der Waals surface area contributed by atoms with Gasteiger partial charge in [-0.2, -0.15) is 10.5 Å². The van der Waals surface area contributed by atoms with Crippen molar-refractivity contribution in [2.75, 3.05) is 0 Å². The monoisotopic (exact) mass is 144 g/mol. The maximum atomic E-state index is 8.41. The summed E-state index contributed by atoms with van der Waals surface area (Å²) in [4.78, 5) is 0. The van der Waals surface area contributed by atoms with Crippen molar-refractivity contribution in [3.8, 4) is 12.1 Å². The van der Waals surface area contributed by atoms with E-state index >= 15 is 0 Å². The van der Waals surface area contributed by atoms with Gasteiger partial charge < -0.3 is 4.74 Å².